The molecule has 3 nitrogen and oxygen atoms in total. The van der Waals surface area contributed by atoms with Crippen molar-refractivity contribution in [2.45, 2.75) is 19.4 Å². The minimum Gasteiger partial charge on any atom is -0.489 e. The SMILES string of the molecule is C[C@@H](CC(=O)O)Oc1cc(F)c(Cl)cc1Br. The molecule has 1 aromatic rings. The van der Waals surface area contributed by atoms with Crippen molar-refractivity contribution in [3.63, 3.8) is 0 Å². The van der Waals surface area contributed by atoms with Crippen molar-refractivity contribution >= 4 is 33.5 Å². The average Bonchev–Trinajstić information content (AvgIpc) is 2.12. The lowest BCUT2D eigenvalue weighted by Crippen LogP contribution is -2.16. The number of rotatable bonds is 4. The average molecular weight is 312 g/mol. The number of halogens is 3. The maximum Gasteiger partial charge on any atom is 0.307 e. The Morgan fingerprint density at radius 2 is 2.31 bits per heavy atom. The second-order valence-electron chi connectivity index (χ2n) is 3.22. The van der Waals surface area contributed by atoms with Crippen molar-refractivity contribution in [2.24, 2.45) is 0 Å². The van der Waals surface area contributed by atoms with Crippen molar-refractivity contribution in [1.82, 2.24) is 0 Å². The topological polar surface area (TPSA) is 46.5 Å². The smallest absolute Gasteiger partial charge is 0.307 e. The van der Waals surface area contributed by atoms with Crippen LogP contribution in [0.15, 0.2) is 16.6 Å². The fraction of sp³-hybridized carbons (Fsp3) is 0.300. The monoisotopic (exact) mass is 310 g/mol. The van der Waals surface area contributed by atoms with Crippen LogP contribution in [-0.4, -0.2) is 17.2 Å². The molecule has 0 saturated heterocycles. The quantitative estimate of drug-likeness (QED) is 0.866. The van der Waals surface area contributed by atoms with Crippen molar-refractivity contribution in [2.75, 3.05) is 0 Å². The summed E-state index contributed by atoms with van der Waals surface area (Å²) in [6.07, 6.45) is -0.703. The van der Waals surface area contributed by atoms with E-state index in [1.54, 1.807) is 6.92 Å². The van der Waals surface area contributed by atoms with Gasteiger partial charge in [-0.3, -0.25) is 4.79 Å². The van der Waals surface area contributed by atoms with Gasteiger partial charge in [0.15, 0.2) is 0 Å². The van der Waals surface area contributed by atoms with E-state index in [0.717, 1.165) is 6.07 Å². The molecule has 0 aliphatic carbocycles. The number of carboxylic acid groups (broad SMARTS) is 1. The number of ether oxygens (including phenoxy) is 1. The Kier molecular flexibility index (Phi) is 4.56. The summed E-state index contributed by atoms with van der Waals surface area (Å²) in [5.41, 5.74) is 0. The van der Waals surface area contributed by atoms with E-state index in [1.807, 2.05) is 0 Å². The lowest BCUT2D eigenvalue weighted by molar-refractivity contribution is -0.138. The van der Waals surface area contributed by atoms with E-state index in [1.165, 1.54) is 6.07 Å². The van der Waals surface area contributed by atoms with Gasteiger partial charge in [-0.15, -0.1) is 0 Å². The summed E-state index contributed by atoms with van der Waals surface area (Å²) >= 11 is 8.70. The number of hydrogen-bond donors (Lipinski definition) is 1. The van der Waals surface area contributed by atoms with E-state index in [4.69, 9.17) is 21.4 Å². The zero-order valence-electron chi connectivity index (χ0n) is 8.34. The first-order valence-corrected chi connectivity index (χ1v) is 5.60. The molecule has 1 atom stereocenters. The molecule has 0 unspecified atom stereocenters. The Balaban J connectivity index is 2.81. The zero-order valence-corrected chi connectivity index (χ0v) is 10.7. The summed E-state index contributed by atoms with van der Waals surface area (Å²) in [5, 5.41) is 8.52. The first kappa shape index (κ1) is 13.3. The molecular formula is C10H9BrClFO3. The van der Waals surface area contributed by atoms with Gasteiger partial charge in [0.05, 0.1) is 15.9 Å². The van der Waals surface area contributed by atoms with Gasteiger partial charge in [-0.25, -0.2) is 4.39 Å². The molecule has 1 aromatic carbocycles. The van der Waals surface area contributed by atoms with E-state index in [0.29, 0.717) is 4.47 Å². The Bertz CT molecular complexity index is 411. The van der Waals surface area contributed by atoms with E-state index in [-0.39, 0.29) is 17.2 Å². The second-order valence-corrected chi connectivity index (χ2v) is 4.48. The first-order chi connectivity index (χ1) is 7.40. The summed E-state index contributed by atoms with van der Waals surface area (Å²) in [6, 6.07) is 2.48. The van der Waals surface area contributed by atoms with Crippen LogP contribution in [0.25, 0.3) is 0 Å². The minimum absolute atomic E-state index is 0.0230. The van der Waals surface area contributed by atoms with Gasteiger partial charge in [0.2, 0.25) is 0 Å². The molecular weight excluding hydrogens is 302 g/mol. The van der Waals surface area contributed by atoms with Gasteiger partial charge in [0, 0.05) is 6.07 Å². The number of carbonyl (C=O) groups is 1. The summed E-state index contributed by atoms with van der Waals surface area (Å²) < 4.78 is 18.9. The van der Waals surface area contributed by atoms with Crippen LogP contribution in [-0.2, 0) is 4.79 Å². The zero-order chi connectivity index (χ0) is 12.3. The van der Waals surface area contributed by atoms with Crippen LogP contribution in [0, 0.1) is 5.82 Å². The predicted molar refractivity (Wildman–Crippen MR) is 61.5 cm³/mol. The molecule has 0 amide bonds. The van der Waals surface area contributed by atoms with Gasteiger partial charge in [0.1, 0.15) is 17.7 Å². The molecule has 0 radical (unpaired) electrons. The number of carboxylic acids is 1. The predicted octanol–water partition coefficient (Wildman–Crippen LogP) is 3.48. The van der Waals surface area contributed by atoms with Crippen LogP contribution in [0.3, 0.4) is 0 Å². The summed E-state index contributed by atoms with van der Waals surface area (Å²) in [4.78, 5) is 10.4. The van der Waals surface area contributed by atoms with Crippen LogP contribution in [0.5, 0.6) is 5.75 Å². The second kappa shape index (κ2) is 5.50. The van der Waals surface area contributed by atoms with Crippen LogP contribution < -0.4 is 4.74 Å². The molecule has 0 heterocycles. The van der Waals surface area contributed by atoms with Gasteiger partial charge in [0.25, 0.3) is 0 Å². The summed E-state index contributed by atoms with van der Waals surface area (Å²) in [6.45, 7) is 1.59. The van der Waals surface area contributed by atoms with Crippen molar-refractivity contribution < 1.29 is 19.0 Å². The normalized spacial score (nSPS) is 12.2. The molecule has 1 N–H and O–H groups in total. The van der Waals surface area contributed by atoms with Crippen LogP contribution in [0.1, 0.15) is 13.3 Å². The Morgan fingerprint density at radius 3 is 2.88 bits per heavy atom. The summed E-state index contributed by atoms with van der Waals surface area (Å²) in [7, 11) is 0. The van der Waals surface area contributed by atoms with Crippen LogP contribution >= 0.6 is 27.5 Å². The molecule has 1 rings (SSSR count). The molecule has 0 aliphatic rings. The Morgan fingerprint density at radius 1 is 1.69 bits per heavy atom. The van der Waals surface area contributed by atoms with Gasteiger partial charge in [-0.05, 0) is 28.9 Å². The Labute approximate surface area is 105 Å². The highest BCUT2D eigenvalue weighted by Crippen LogP contribution is 2.31. The molecule has 6 heteroatoms. The molecule has 16 heavy (non-hydrogen) atoms. The van der Waals surface area contributed by atoms with Gasteiger partial charge in [-0.1, -0.05) is 11.6 Å². The number of hydrogen-bond acceptors (Lipinski definition) is 2. The van der Waals surface area contributed by atoms with Crippen molar-refractivity contribution in [3.8, 4) is 5.75 Å². The van der Waals surface area contributed by atoms with E-state index < -0.39 is 17.9 Å². The summed E-state index contributed by atoms with van der Waals surface area (Å²) in [5.74, 6) is -1.35. The molecule has 0 bridgehead atoms. The number of benzene rings is 1. The third-order valence-corrected chi connectivity index (χ3v) is 2.67. The first-order valence-electron chi connectivity index (χ1n) is 4.43. The molecule has 0 aliphatic heterocycles. The van der Waals surface area contributed by atoms with Gasteiger partial charge < -0.3 is 9.84 Å². The van der Waals surface area contributed by atoms with E-state index in [9.17, 15) is 9.18 Å². The molecule has 0 fully saturated rings. The van der Waals surface area contributed by atoms with Gasteiger partial charge in [-0.2, -0.15) is 0 Å². The molecule has 0 spiro atoms. The van der Waals surface area contributed by atoms with E-state index >= 15 is 0 Å². The fourth-order valence-corrected chi connectivity index (χ4v) is 1.83. The van der Waals surface area contributed by atoms with Crippen molar-refractivity contribution in [3.05, 3.63) is 27.4 Å². The van der Waals surface area contributed by atoms with Crippen LogP contribution in [0.4, 0.5) is 4.39 Å². The standard InChI is InChI=1S/C10H9BrClFO3/c1-5(2-10(14)15)16-9-4-8(13)7(12)3-6(9)11/h3-5H,2H2,1H3,(H,14,15)/t5-/m0/s1. The lowest BCUT2D eigenvalue weighted by atomic mass is 10.3. The minimum atomic E-state index is -0.974. The van der Waals surface area contributed by atoms with Crippen LogP contribution in [0.2, 0.25) is 5.02 Å². The highest BCUT2D eigenvalue weighted by atomic mass is 79.9. The van der Waals surface area contributed by atoms with Crippen molar-refractivity contribution in [1.29, 1.82) is 0 Å². The molecule has 0 saturated carbocycles. The highest BCUT2D eigenvalue weighted by Gasteiger charge is 2.13. The third-order valence-electron chi connectivity index (χ3n) is 1.77. The number of aliphatic carboxylic acids is 1. The maximum atomic E-state index is 13.1. The fourth-order valence-electron chi connectivity index (χ4n) is 1.10. The third kappa shape index (κ3) is 3.64. The highest BCUT2D eigenvalue weighted by molar-refractivity contribution is 9.10. The van der Waals surface area contributed by atoms with E-state index in [2.05, 4.69) is 15.9 Å². The lowest BCUT2D eigenvalue weighted by Gasteiger charge is -2.14. The van der Waals surface area contributed by atoms with Gasteiger partial charge >= 0.3 is 5.97 Å². The molecule has 0 aromatic heterocycles. The molecule has 88 valence electrons. The maximum absolute atomic E-state index is 13.1. The largest absolute Gasteiger partial charge is 0.489 e. The Hall–Kier alpha value is -0.810.